The second-order valence-corrected chi connectivity index (χ2v) is 7.43. The van der Waals surface area contributed by atoms with Gasteiger partial charge in [0, 0.05) is 5.56 Å². The molecule has 2 aromatic rings. The number of carbonyl (C=O) groups excluding carboxylic acids is 1. The zero-order valence-electron chi connectivity index (χ0n) is 16.9. The molecule has 1 N–H and O–H groups in total. The Morgan fingerprint density at radius 3 is 2.19 bits per heavy atom. The minimum Gasteiger partial charge on any atom is -0.493 e. The molecular formula is C22H28N2O3. The minimum atomic E-state index is -0.154. The standard InChI is InChI=1S/C22H28N2O3/c1-15(17-9-12-19(26-5)20(14-17)27-6)23-24-21(25)13-16-7-10-18(11-8-16)22(2,3)4/h7-12,14H,13H2,1-6H3,(H,24,25)/b23-15-. The van der Waals surface area contributed by atoms with E-state index < -0.39 is 0 Å². The largest absolute Gasteiger partial charge is 0.493 e. The molecule has 0 fully saturated rings. The molecule has 0 aromatic heterocycles. The molecule has 5 nitrogen and oxygen atoms in total. The van der Waals surface area contributed by atoms with E-state index in [1.165, 1.54) is 5.56 Å². The van der Waals surface area contributed by atoms with Gasteiger partial charge >= 0.3 is 0 Å². The fourth-order valence-electron chi connectivity index (χ4n) is 2.62. The number of rotatable bonds is 6. The van der Waals surface area contributed by atoms with Crippen LogP contribution in [-0.2, 0) is 16.6 Å². The Balaban J connectivity index is 2.01. The van der Waals surface area contributed by atoms with E-state index >= 15 is 0 Å². The maximum absolute atomic E-state index is 12.2. The highest BCUT2D eigenvalue weighted by Gasteiger charge is 2.13. The molecule has 0 bridgehead atoms. The molecule has 0 unspecified atom stereocenters. The van der Waals surface area contributed by atoms with Crippen molar-refractivity contribution in [2.75, 3.05) is 14.2 Å². The Bertz CT molecular complexity index is 818. The Morgan fingerprint density at radius 2 is 1.63 bits per heavy atom. The minimum absolute atomic E-state index is 0.0988. The third kappa shape index (κ3) is 5.58. The third-order valence-electron chi connectivity index (χ3n) is 4.33. The summed E-state index contributed by atoms with van der Waals surface area (Å²) in [5, 5.41) is 4.20. The summed E-state index contributed by atoms with van der Waals surface area (Å²) in [5.74, 6) is 1.12. The fourth-order valence-corrected chi connectivity index (χ4v) is 2.62. The number of nitrogens with one attached hydrogen (secondary N) is 1. The van der Waals surface area contributed by atoms with Gasteiger partial charge in [0.15, 0.2) is 11.5 Å². The van der Waals surface area contributed by atoms with E-state index in [0.717, 1.165) is 11.1 Å². The normalized spacial score (nSPS) is 11.9. The predicted octanol–water partition coefficient (Wildman–Crippen LogP) is 4.08. The molecule has 2 rings (SSSR count). The maximum Gasteiger partial charge on any atom is 0.244 e. The van der Waals surface area contributed by atoms with Gasteiger partial charge in [0.05, 0.1) is 26.4 Å². The molecule has 0 aliphatic rings. The van der Waals surface area contributed by atoms with E-state index in [2.05, 4.69) is 43.4 Å². The molecule has 0 saturated heterocycles. The second-order valence-electron chi connectivity index (χ2n) is 7.43. The van der Waals surface area contributed by atoms with Crippen molar-refractivity contribution in [3.63, 3.8) is 0 Å². The van der Waals surface area contributed by atoms with Gasteiger partial charge in [-0.15, -0.1) is 0 Å². The number of methoxy groups -OCH3 is 2. The molecule has 27 heavy (non-hydrogen) atoms. The van der Waals surface area contributed by atoms with Crippen LogP contribution in [-0.4, -0.2) is 25.8 Å². The van der Waals surface area contributed by atoms with E-state index in [0.29, 0.717) is 17.2 Å². The fraction of sp³-hybridized carbons (Fsp3) is 0.364. The quantitative estimate of drug-likeness (QED) is 0.617. The molecule has 0 spiro atoms. The Hall–Kier alpha value is -2.82. The molecule has 0 aliphatic heterocycles. The van der Waals surface area contributed by atoms with E-state index in [-0.39, 0.29) is 17.7 Å². The number of hydrazone groups is 1. The highest BCUT2D eigenvalue weighted by Crippen LogP contribution is 2.27. The van der Waals surface area contributed by atoms with Crippen molar-refractivity contribution in [2.45, 2.75) is 39.5 Å². The van der Waals surface area contributed by atoms with Crippen LogP contribution in [0.1, 0.15) is 44.4 Å². The van der Waals surface area contributed by atoms with Crippen LogP contribution in [0, 0.1) is 0 Å². The van der Waals surface area contributed by atoms with E-state index in [1.807, 2.05) is 37.3 Å². The summed E-state index contributed by atoms with van der Waals surface area (Å²) in [6, 6.07) is 13.6. The molecule has 0 radical (unpaired) electrons. The Morgan fingerprint density at radius 1 is 1.00 bits per heavy atom. The van der Waals surface area contributed by atoms with Crippen LogP contribution in [0.25, 0.3) is 0 Å². The predicted molar refractivity (Wildman–Crippen MR) is 109 cm³/mol. The van der Waals surface area contributed by atoms with Crippen molar-refractivity contribution in [2.24, 2.45) is 5.10 Å². The molecule has 0 saturated carbocycles. The van der Waals surface area contributed by atoms with Gasteiger partial charge in [-0.3, -0.25) is 4.79 Å². The van der Waals surface area contributed by atoms with Gasteiger partial charge in [0.25, 0.3) is 0 Å². The molecule has 144 valence electrons. The number of hydrogen-bond acceptors (Lipinski definition) is 4. The number of hydrogen-bond donors (Lipinski definition) is 1. The highest BCUT2D eigenvalue weighted by atomic mass is 16.5. The van der Waals surface area contributed by atoms with Gasteiger partial charge in [0.1, 0.15) is 0 Å². The highest BCUT2D eigenvalue weighted by molar-refractivity contribution is 5.99. The van der Waals surface area contributed by atoms with Crippen molar-refractivity contribution in [1.82, 2.24) is 5.43 Å². The van der Waals surface area contributed by atoms with E-state index in [9.17, 15) is 4.79 Å². The molecule has 0 aliphatic carbocycles. The smallest absolute Gasteiger partial charge is 0.244 e. The van der Waals surface area contributed by atoms with Crippen LogP contribution < -0.4 is 14.9 Å². The summed E-state index contributed by atoms with van der Waals surface area (Å²) in [6.07, 6.45) is 0.285. The van der Waals surface area contributed by atoms with Gasteiger partial charge in [-0.25, -0.2) is 5.43 Å². The van der Waals surface area contributed by atoms with Gasteiger partial charge in [-0.05, 0) is 41.7 Å². The molecule has 2 aromatic carbocycles. The van der Waals surface area contributed by atoms with Crippen LogP contribution >= 0.6 is 0 Å². The summed E-state index contributed by atoms with van der Waals surface area (Å²) >= 11 is 0. The number of ether oxygens (including phenoxy) is 2. The van der Waals surface area contributed by atoms with Gasteiger partial charge < -0.3 is 9.47 Å². The van der Waals surface area contributed by atoms with Crippen molar-refractivity contribution >= 4 is 11.6 Å². The number of carbonyl (C=O) groups is 1. The van der Waals surface area contributed by atoms with Crippen LogP contribution in [0.4, 0.5) is 0 Å². The van der Waals surface area contributed by atoms with E-state index in [1.54, 1.807) is 14.2 Å². The summed E-state index contributed by atoms with van der Waals surface area (Å²) in [7, 11) is 3.17. The van der Waals surface area contributed by atoms with Crippen molar-refractivity contribution in [3.8, 4) is 11.5 Å². The first-order valence-corrected chi connectivity index (χ1v) is 8.89. The first-order chi connectivity index (χ1) is 12.7. The lowest BCUT2D eigenvalue weighted by atomic mass is 9.86. The average molecular weight is 368 g/mol. The van der Waals surface area contributed by atoms with E-state index in [4.69, 9.17) is 9.47 Å². The summed E-state index contributed by atoms with van der Waals surface area (Å²) in [6.45, 7) is 8.33. The average Bonchev–Trinajstić information content (AvgIpc) is 2.65. The lowest BCUT2D eigenvalue weighted by molar-refractivity contribution is -0.120. The first kappa shape index (κ1) is 20.5. The summed E-state index contributed by atoms with van der Waals surface area (Å²) < 4.78 is 10.5. The van der Waals surface area contributed by atoms with Crippen LogP contribution in [0.2, 0.25) is 0 Å². The molecular weight excluding hydrogens is 340 g/mol. The molecule has 5 heteroatoms. The lowest BCUT2D eigenvalue weighted by Crippen LogP contribution is -2.21. The van der Waals surface area contributed by atoms with Gasteiger partial charge in [-0.2, -0.15) is 5.10 Å². The van der Waals surface area contributed by atoms with Gasteiger partial charge in [-0.1, -0.05) is 45.0 Å². The summed E-state index contributed by atoms with van der Waals surface area (Å²) in [5.41, 5.74) is 6.46. The topological polar surface area (TPSA) is 59.9 Å². The zero-order chi connectivity index (χ0) is 20.0. The molecule has 0 atom stereocenters. The van der Waals surface area contributed by atoms with Crippen molar-refractivity contribution in [1.29, 1.82) is 0 Å². The molecule has 0 heterocycles. The number of nitrogens with zero attached hydrogens (tertiary/aromatic N) is 1. The van der Waals surface area contributed by atoms with Gasteiger partial charge in [0.2, 0.25) is 5.91 Å². The zero-order valence-corrected chi connectivity index (χ0v) is 16.9. The SMILES string of the molecule is COc1ccc(/C(C)=N\NC(=O)Cc2ccc(C(C)(C)C)cc2)cc1OC. The number of benzene rings is 2. The van der Waals surface area contributed by atoms with Crippen LogP contribution in [0.15, 0.2) is 47.6 Å². The van der Waals surface area contributed by atoms with Crippen LogP contribution in [0.5, 0.6) is 11.5 Å². The summed E-state index contributed by atoms with van der Waals surface area (Å²) in [4.78, 5) is 12.2. The molecule has 1 amide bonds. The van der Waals surface area contributed by atoms with Crippen LogP contribution in [0.3, 0.4) is 0 Å². The van der Waals surface area contributed by atoms with Crippen molar-refractivity contribution in [3.05, 3.63) is 59.2 Å². The first-order valence-electron chi connectivity index (χ1n) is 8.89. The second kappa shape index (κ2) is 8.71. The maximum atomic E-state index is 12.2. The number of amides is 1. The van der Waals surface area contributed by atoms with Crippen molar-refractivity contribution < 1.29 is 14.3 Å². The lowest BCUT2D eigenvalue weighted by Gasteiger charge is -2.19. The Labute approximate surface area is 161 Å². The monoisotopic (exact) mass is 368 g/mol. The third-order valence-corrected chi connectivity index (χ3v) is 4.33. The Kier molecular flexibility index (Phi) is 6.61.